The third-order valence-electron chi connectivity index (χ3n) is 3.35. The molecule has 0 unspecified atom stereocenters. The second-order valence-corrected chi connectivity index (χ2v) is 5.31. The Balaban J connectivity index is 1.99. The summed E-state index contributed by atoms with van der Waals surface area (Å²) in [5.74, 6) is 0.212. The van der Waals surface area contributed by atoms with E-state index in [-0.39, 0.29) is 5.75 Å². The minimum Gasteiger partial charge on any atom is -0.508 e. The molecule has 110 valence electrons. The molecule has 0 radical (unpaired) electrons. The van der Waals surface area contributed by atoms with Crippen molar-refractivity contribution >= 4 is 40.6 Å². The second-order valence-electron chi connectivity index (χ2n) is 4.87. The average Bonchev–Trinajstić information content (AvgIpc) is 2.51. The van der Waals surface area contributed by atoms with Gasteiger partial charge in [0.15, 0.2) is 0 Å². The number of aromatic hydroxyl groups is 1. The van der Waals surface area contributed by atoms with E-state index in [9.17, 15) is 5.11 Å². The highest BCUT2D eigenvalue weighted by Crippen LogP contribution is 2.29. The molecule has 1 heterocycles. The Morgan fingerprint density at radius 3 is 2.86 bits per heavy atom. The summed E-state index contributed by atoms with van der Waals surface area (Å²) in [6.45, 7) is 3.83. The molecule has 1 aromatic heterocycles. The van der Waals surface area contributed by atoms with E-state index in [1.807, 2.05) is 36.4 Å². The van der Waals surface area contributed by atoms with Crippen LogP contribution >= 0.6 is 11.6 Å². The number of phenols is 1. The largest absolute Gasteiger partial charge is 0.508 e. The van der Waals surface area contributed by atoms with Crippen LogP contribution in [-0.4, -0.2) is 16.8 Å². The van der Waals surface area contributed by atoms with Gasteiger partial charge in [-0.15, -0.1) is 0 Å². The van der Waals surface area contributed by atoms with Crippen molar-refractivity contribution in [3.8, 4) is 5.75 Å². The lowest BCUT2D eigenvalue weighted by Gasteiger charge is -2.11. The SMILES string of the molecule is C=NCc1cc(Nc2ccnc3cc(Cl)ccc23)ccc1O. The molecule has 0 bridgehead atoms. The lowest BCUT2D eigenvalue weighted by molar-refractivity contribution is 0.468. The maximum atomic E-state index is 9.79. The first kappa shape index (κ1) is 14.4. The first-order valence-corrected chi connectivity index (χ1v) is 7.11. The van der Waals surface area contributed by atoms with Gasteiger partial charge in [-0.3, -0.25) is 9.98 Å². The van der Waals surface area contributed by atoms with Crippen molar-refractivity contribution in [3.05, 3.63) is 59.2 Å². The number of nitrogens with zero attached hydrogens (tertiary/aromatic N) is 2. The van der Waals surface area contributed by atoms with Crippen LogP contribution in [0.1, 0.15) is 5.56 Å². The van der Waals surface area contributed by atoms with Crippen LogP contribution in [-0.2, 0) is 6.54 Å². The number of rotatable bonds is 4. The van der Waals surface area contributed by atoms with Crippen LogP contribution in [0.15, 0.2) is 53.7 Å². The first-order chi connectivity index (χ1) is 10.7. The molecule has 2 aromatic carbocycles. The van der Waals surface area contributed by atoms with Gasteiger partial charge in [0.05, 0.1) is 12.1 Å². The Labute approximate surface area is 133 Å². The maximum absolute atomic E-state index is 9.79. The standard InChI is InChI=1S/C17H14ClN3O/c1-19-10-11-8-13(3-5-17(11)22)21-15-6-7-20-16-9-12(18)2-4-14(15)16/h2-9,22H,1,10H2,(H,20,21). The molecule has 4 nitrogen and oxygen atoms in total. The predicted octanol–water partition coefficient (Wildman–Crippen LogP) is 4.54. The Hall–Kier alpha value is -2.59. The Morgan fingerprint density at radius 2 is 2.05 bits per heavy atom. The summed E-state index contributed by atoms with van der Waals surface area (Å²) in [7, 11) is 0. The van der Waals surface area contributed by atoms with Crippen molar-refractivity contribution in [1.29, 1.82) is 0 Å². The van der Waals surface area contributed by atoms with Crippen molar-refractivity contribution < 1.29 is 5.11 Å². The topological polar surface area (TPSA) is 57.5 Å². The minimum absolute atomic E-state index is 0.212. The highest BCUT2D eigenvalue weighted by atomic mass is 35.5. The molecule has 0 fully saturated rings. The fourth-order valence-electron chi connectivity index (χ4n) is 2.30. The zero-order valence-corrected chi connectivity index (χ0v) is 12.5. The number of aromatic nitrogens is 1. The molecule has 3 rings (SSSR count). The zero-order valence-electron chi connectivity index (χ0n) is 11.8. The van der Waals surface area contributed by atoms with E-state index >= 15 is 0 Å². The van der Waals surface area contributed by atoms with Crippen molar-refractivity contribution in [1.82, 2.24) is 4.98 Å². The van der Waals surface area contributed by atoms with Gasteiger partial charge >= 0.3 is 0 Å². The van der Waals surface area contributed by atoms with Gasteiger partial charge < -0.3 is 10.4 Å². The minimum atomic E-state index is 0.212. The van der Waals surface area contributed by atoms with Gasteiger partial charge in [-0.1, -0.05) is 11.6 Å². The molecule has 0 aliphatic rings. The number of hydrogen-bond acceptors (Lipinski definition) is 4. The quantitative estimate of drug-likeness (QED) is 0.549. The third-order valence-corrected chi connectivity index (χ3v) is 3.58. The summed E-state index contributed by atoms with van der Waals surface area (Å²) in [6.07, 6.45) is 1.73. The number of pyridine rings is 1. The molecule has 0 saturated carbocycles. The van der Waals surface area contributed by atoms with Crippen molar-refractivity contribution in [2.45, 2.75) is 6.54 Å². The lowest BCUT2D eigenvalue weighted by Crippen LogP contribution is -1.94. The number of anilines is 2. The smallest absolute Gasteiger partial charge is 0.120 e. The molecule has 2 N–H and O–H groups in total. The van der Waals surface area contributed by atoms with E-state index in [1.54, 1.807) is 12.3 Å². The van der Waals surface area contributed by atoms with Gasteiger partial charge in [0.25, 0.3) is 0 Å². The highest BCUT2D eigenvalue weighted by molar-refractivity contribution is 6.31. The normalized spacial score (nSPS) is 10.6. The van der Waals surface area contributed by atoms with Crippen LogP contribution in [0.25, 0.3) is 10.9 Å². The van der Waals surface area contributed by atoms with Crippen LogP contribution in [0.4, 0.5) is 11.4 Å². The third kappa shape index (κ3) is 2.87. The van der Waals surface area contributed by atoms with Crippen molar-refractivity contribution in [3.63, 3.8) is 0 Å². The molecule has 0 aliphatic carbocycles. The van der Waals surface area contributed by atoms with E-state index in [4.69, 9.17) is 11.6 Å². The molecule has 0 saturated heterocycles. The molecule has 22 heavy (non-hydrogen) atoms. The average molecular weight is 312 g/mol. The molecule has 0 aliphatic heterocycles. The van der Waals surface area contributed by atoms with Gasteiger partial charge in [0.2, 0.25) is 0 Å². The number of fused-ring (bicyclic) bond motifs is 1. The summed E-state index contributed by atoms with van der Waals surface area (Å²) in [4.78, 5) is 8.13. The fraction of sp³-hybridized carbons (Fsp3) is 0.0588. The molecule has 0 spiro atoms. The molecule has 3 aromatic rings. The molecule has 5 heteroatoms. The van der Waals surface area contributed by atoms with Gasteiger partial charge in [0.1, 0.15) is 5.75 Å². The highest BCUT2D eigenvalue weighted by Gasteiger charge is 2.06. The van der Waals surface area contributed by atoms with Crippen molar-refractivity contribution in [2.75, 3.05) is 5.32 Å². The van der Waals surface area contributed by atoms with Gasteiger partial charge in [0, 0.05) is 33.5 Å². The van der Waals surface area contributed by atoms with E-state index in [1.165, 1.54) is 0 Å². The number of hydrogen-bond donors (Lipinski definition) is 2. The van der Waals surface area contributed by atoms with Gasteiger partial charge in [-0.25, -0.2) is 0 Å². The predicted molar refractivity (Wildman–Crippen MR) is 91.4 cm³/mol. The number of nitrogens with one attached hydrogen (secondary N) is 1. The molecule has 0 amide bonds. The van der Waals surface area contributed by atoms with E-state index in [0.717, 1.165) is 27.8 Å². The van der Waals surface area contributed by atoms with E-state index in [0.29, 0.717) is 11.6 Å². The molecular formula is C17H14ClN3O. The van der Waals surface area contributed by atoms with Gasteiger partial charge in [-0.05, 0) is 49.2 Å². The first-order valence-electron chi connectivity index (χ1n) is 6.73. The monoisotopic (exact) mass is 311 g/mol. The zero-order chi connectivity index (χ0) is 15.5. The molecule has 0 atom stereocenters. The van der Waals surface area contributed by atoms with Crippen LogP contribution in [0, 0.1) is 0 Å². The summed E-state index contributed by atoms with van der Waals surface area (Å²) in [6, 6.07) is 12.8. The fourth-order valence-corrected chi connectivity index (χ4v) is 2.46. The summed E-state index contributed by atoms with van der Waals surface area (Å²) in [5.41, 5.74) is 3.33. The summed E-state index contributed by atoms with van der Waals surface area (Å²) >= 11 is 6.00. The van der Waals surface area contributed by atoms with Crippen molar-refractivity contribution in [2.24, 2.45) is 4.99 Å². The Bertz CT molecular complexity index is 848. The van der Waals surface area contributed by atoms with Gasteiger partial charge in [-0.2, -0.15) is 0 Å². The Kier molecular flexibility index (Phi) is 3.94. The van der Waals surface area contributed by atoms with E-state index < -0.39 is 0 Å². The second kappa shape index (κ2) is 6.03. The number of halogens is 1. The number of benzene rings is 2. The number of phenolic OH excluding ortho intramolecular Hbond substituents is 1. The Morgan fingerprint density at radius 1 is 1.18 bits per heavy atom. The van der Waals surface area contributed by atoms with E-state index in [2.05, 4.69) is 22.0 Å². The van der Waals surface area contributed by atoms with Crippen LogP contribution < -0.4 is 5.32 Å². The summed E-state index contributed by atoms with van der Waals surface area (Å²) < 4.78 is 0. The van der Waals surface area contributed by atoms with Crippen LogP contribution in [0.3, 0.4) is 0 Å². The molecular weight excluding hydrogens is 298 g/mol. The maximum Gasteiger partial charge on any atom is 0.120 e. The lowest BCUT2D eigenvalue weighted by atomic mass is 10.1. The number of aliphatic imine (C=N–C) groups is 1. The summed E-state index contributed by atoms with van der Waals surface area (Å²) in [5, 5.41) is 14.8. The van der Waals surface area contributed by atoms with Crippen LogP contribution in [0.5, 0.6) is 5.75 Å². The van der Waals surface area contributed by atoms with Crippen LogP contribution in [0.2, 0.25) is 5.02 Å².